The van der Waals surface area contributed by atoms with E-state index in [-0.39, 0.29) is 12.6 Å². The van der Waals surface area contributed by atoms with Crippen LogP contribution in [0.2, 0.25) is 0 Å². The lowest BCUT2D eigenvalue weighted by atomic mass is 10.1. The lowest BCUT2D eigenvalue weighted by Gasteiger charge is -2.14. The molecule has 1 saturated heterocycles. The van der Waals surface area contributed by atoms with Gasteiger partial charge >= 0.3 is 0 Å². The molecule has 2 aromatic rings. The monoisotopic (exact) mass is 320 g/mol. The first-order valence-electron chi connectivity index (χ1n) is 7.11. The van der Waals surface area contributed by atoms with Gasteiger partial charge in [-0.15, -0.1) is 0 Å². The smallest absolute Gasteiger partial charge is 0.247 e. The SMILES string of the molecule is CCOc1nc(N)nc2c1ncn2C1CC(N=[N+]=[N-])C(CO)O1. The highest BCUT2D eigenvalue weighted by Crippen LogP contribution is 2.34. The minimum atomic E-state index is -0.570. The third-order valence-corrected chi connectivity index (χ3v) is 3.58. The summed E-state index contributed by atoms with van der Waals surface area (Å²) in [5.74, 6) is 0.364. The second-order valence-electron chi connectivity index (χ2n) is 4.96. The number of hydrogen-bond donors (Lipinski definition) is 2. The second kappa shape index (κ2) is 6.24. The number of nitrogens with two attached hydrogens (primary N) is 1. The van der Waals surface area contributed by atoms with Gasteiger partial charge in [0.15, 0.2) is 11.2 Å². The summed E-state index contributed by atoms with van der Waals surface area (Å²) in [4.78, 5) is 15.3. The Morgan fingerprint density at radius 2 is 2.43 bits per heavy atom. The molecular weight excluding hydrogens is 304 g/mol. The summed E-state index contributed by atoms with van der Waals surface area (Å²) in [7, 11) is 0. The molecule has 1 aliphatic rings. The summed E-state index contributed by atoms with van der Waals surface area (Å²) in [6, 6.07) is -0.460. The average molecular weight is 320 g/mol. The topological polar surface area (TPSA) is 157 Å². The standard InChI is InChI=1S/C12H16N8O3/c1-2-22-11-9-10(16-12(13)17-11)20(5-15-9)8-3-6(18-19-14)7(4-21)23-8/h5-8,21H,2-4H2,1H3,(H2,13,16,17). The molecule has 23 heavy (non-hydrogen) atoms. The number of aromatic nitrogens is 4. The molecule has 1 aliphatic heterocycles. The molecule has 1 fully saturated rings. The van der Waals surface area contributed by atoms with Gasteiger partial charge in [0.1, 0.15) is 6.23 Å². The van der Waals surface area contributed by atoms with Crippen LogP contribution in [0, 0.1) is 0 Å². The Labute approximate surface area is 130 Å². The zero-order valence-electron chi connectivity index (χ0n) is 12.4. The van der Waals surface area contributed by atoms with E-state index >= 15 is 0 Å². The highest BCUT2D eigenvalue weighted by atomic mass is 16.5. The number of anilines is 1. The molecule has 0 aromatic carbocycles. The number of ether oxygens (including phenoxy) is 2. The molecule has 0 radical (unpaired) electrons. The van der Waals surface area contributed by atoms with Crippen LogP contribution in [0.3, 0.4) is 0 Å². The van der Waals surface area contributed by atoms with E-state index in [2.05, 4.69) is 25.0 Å². The number of imidazole rings is 1. The Morgan fingerprint density at radius 1 is 1.61 bits per heavy atom. The predicted molar refractivity (Wildman–Crippen MR) is 79.5 cm³/mol. The molecule has 11 nitrogen and oxygen atoms in total. The van der Waals surface area contributed by atoms with Crippen molar-refractivity contribution in [3.8, 4) is 5.88 Å². The third kappa shape index (κ3) is 2.72. The van der Waals surface area contributed by atoms with E-state index in [4.69, 9.17) is 20.7 Å². The third-order valence-electron chi connectivity index (χ3n) is 3.58. The molecule has 3 heterocycles. The van der Waals surface area contributed by atoms with Gasteiger partial charge in [-0.2, -0.15) is 9.97 Å². The van der Waals surface area contributed by atoms with Crippen LogP contribution in [0.25, 0.3) is 21.6 Å². The number of nitrogen functional groups attached to an aromatic ring is 1. The van der Waals surface area contributed by atoms with Gasteiger partial charge in [0, 0.05) is 11.3 Å². The molecule has 3 N–H and O–H groups in total. The fraction of sp³-hybridized carbons (Fsp3) is 0.583. The summed E-state index contributed by atoms with van der Waals surface area (Å²) in [5.41, 5.74) is 15.3. The zero-order valence-corrected chi connectivity index (χ0v) is 12.4. The van der Waals surface area contributed by atoms with Gasteiger partial charge in [-0.25, -0.2) is 4.98 Å². The first kappa shape index (κ1) is 15.3. The number of nitrogens with zero attached hydrogens (tertiary/aromatic N) is 7. The Hall–Kier alpha value is -2.62. The predicted octanol–water partition coefficient (Wildman–Crippen LogP) is 0.766. The van der Waals surface area contributed by atoms with E-state index in [0.717, 1.165) is 0 Å². The molecule has 0 aliphatic carbocycles. The van der Waals surface area contributed by atoms with Crippen molar-refractivity contribution in [3.05, 3.63) is 16.8 Å². The van der Waals surface area contributed by atoms with Crippen molar-refractivity contribution in [2.45, 2.75) is 31.7 Å². The summed E-state index contributed by atoms with van der Waals surface area (Å²) >= 11 is 0. The number of rotatable bonds is 5. The number of fused-ring (bicyclic) bond motifs is 1. The lowest BCUT2D eigenvalue weighted by Crippen LogP contribution is -2.22. The van der Waals surface area contributed by atoms with Crippen LogP contribution in [0.5, 0.6) is 5.88 Å². The fourth-order valence-corrected chi connectivity index (χ4v) is 2.59. The minimum Gasteiger partial charge on any atom is -0.476 e. The maximum atomic E-state index is 9.35. The van der Waals surface area contributed by atoms with Crippen LogP contribution >= 0.6 is 0 Å². The lowest BCUT2D eigenvalue weighted by molar-refractivity contribution is -0.0232. The first-order chi connectivity index (χ1) is 11.2. The van der Waals surface area contributed by atoms with Crippen LogP contribution in [0.1, 0.15) is 19.6 Å². The summed E-state index contributed by atoms with van der Waals surface area (Å²) < 4.78 is 12.8. The van der Waals surface area contributed by atoms with Crippen molar-refractivity contribution in [2.24, 2.45) is 5.11 Å². The fourth-order valence-electron chi connectivity index (χ4n) is 2.59. The van der Waals surface area contributed by atoms with E-state index in [1.807, 2.05) is 6.92 Å². The second-order valence-corrected chi connectivity index (χ2v) is 4.96. The van der Waals surface area contributed by atoms with Gasteiger partial charge in [0.25, 0.3) is 0 Å². The first-order valence-corrected chi connectivity index (χ1v) is 7.11. The minimum absolute atomic E-state index is 0.0611. The molecule has 0 saturated carbocycles. The van der Waals surface area contributed by atoms with Crippen molar-refractivity contribution in [1.82, 2.24) is 19.5 Å². The van der Waals surface area contributed by atoms with Gasteiger partial charge < -0.3 is 20.3 Å². The van der Waals surface area contributed by atoms with Crippen LogP contribution in [0.4, 0.5) is 5.95 Å². The van der Waals surface area contributed by atoms with Crippen molar-refractivity contribution < 1.29 is 14.6 Å². The highest BCUT2D eigenvalue weighted by molar-refractivity contribution is 5.77. The Morgan fingerprint density at radius 3 is 3.13 bits per heavy atom. The van der Waals surface area contributed by atoms with Gasteiger partial charge in [-0.1, -0.05) is 5.11 Å². The Balaban J connectivity index is 1.99. The molecule has 0 spiro atoms. The van der Waals surface area contributed by atoms with Gasteiger partial charge in [-0.05, 0) is 12.5 Å². The van der Waals surface area contributed by atoms with E-state index < -0.39 is 18.4 Å². The largest absolute Gasteiger partial charge is 0.476 e. The van der Waals surface area contributed by atoms with Crippen molar-refractivity contribution in [3.63, 3.8) is 0 Å². The van der Waals surface area contributed by atoms with Crippen molar-refractivity contribution in [1.29, 1.82) is 0 Å². The van der Waals surface area contributed by atoms with E-state index in [1.165, 1.54) is 0 Å². The molecule has 3 unspecified atom stereocenters. The highest BCUT2D eigenvalue weighted by Gasteiger charge is 2.36. The van der Waals surface area contributed by atoms with Crippen molar-refractivity contribution in [2.75, 3.05) is 18.9 Å². The maximum Gasteiger partial charge on any atom is 0.247 e. The van der Waals surface area contributed by atoms with E-state index in [0.29, 0.717) is 30.1 Å². The number of azide groups is 1. The van der Waals surface area contributed by atoms with Gasteiger partial charge in [-0.3, -0.25) is 4.57 Å². The number of aliphatic hydroxyl groups is 1. The van der Waals surface area contributed by atoms with Crippen molar-refractivity contribution >= 4 is 17.1 Å². The molecule has 0 bridgehead atoms. The van der Waals surface area contributed by atoms with Crippen LogP contribution in [-0.4, -0.2) is 50.0 Å². The molecule has 122 valence electrons. The molecular formula is C12H16N8O3. The zero-order chi connectivity index (χ0) is 16.4. The van der Waals surface area contributed by atoms with E-state index in [9.17, 15) is 5.11 Å². The van der Waals surface area contributed by atoms with E-state index in [1.54, 1.807) is 10.9 Å². The maximum absolute atomic E-state index is 9.35. The summed E-state index contributed by atoms with van der Waals surface area (Å²) in [6.07, 6.45) is 0.892. The van der Waals surface area contributed by atoms with Gasteiger partial charge in [0.05, 0.1) is 31.7 Å². The molecule has 3 rings (SSSR count). The summed E-state index contributed by atoms with van der Waals surface area (Å²) in [5, 5.41) is 13.0. The Kier molecular flexibility index (Phi) is 4.15. The number of hydrogen-bond acceptors (Lipinski definition) is 8. The Bertz CT molecular complexity index is 756. The van der Waals surface area contributed by atoms with Crippen LogP contribution < -0.4 is 10.5 Å². The average Bonchev–Trinajstić information content (AvgIpc) is 3.11. The molecule has 11 heteroatoms. The quantitative estimate of drug-likeness (QED) is 0.467. The van der Waals surface area contributed by atoms with Crippen LogP contribution in [-0.2, 0) is 4.74 Å². The van der Waals surface area contributed by atoms with Crippen LogP contribution in [0.15, 0.2) is 11.4 Å². The molecule has 3 atom stereocenters. The molecule has 0 amide bonds. The normalized spacial score (nSPS) is 23.8. The number of aliphatic hydroxyl groups excluding tert-OH is 1. The van der Waals surface area contributed by atoms with Gasteiger partial charge in [0.2, 0.25) is 11.8 Å². The molecule has 2 aromatic heterocycles. The summed E-state index contributed by atoms with van der Waals surface area (Å²) in [6.45, 7) is 2.01.